The van der Waals surface area contributed by atoms with Crippen molar-refractivity contribution in [2.45, 2.75) is 244 Å². The highest BCUT2D eigenvalue weighted by Crippen LogP contribution is 2.15. The van der Waals surface area contributed by atoms with Crippen molar-refractivity contribution in [1.29, 1.82) is 0 Å². The quantitative estimate of drug-likeness (QED) is 0.0259. The highest BCUT2D eigenvalue weighted by Gasteiger charge is 2.25. The first kappa shape index (κ1) is 62.0. The summed E-state index contributed by atoms with van der Waals surface area (Å²) in [6.07, 6.45) is 59.7. The van der Waals surface area contributed by atoms with E-state index in [0.29, 0.717) is 12.8 Å². The maximum Gasteiger partial charge on any atom is 0.306 e. The number of carbonyl (C=O) groups is 3. The third kappa shape index (κ3) is 46.0. The molecule has 0 aromatic carbocycles. The van der Waals surface area contributed by atoms with E-state index in [9.17, 15) is 19.5 Å². The predicted octanol–water partition coefficient (Wildman–Crippen LogP) is 14.4. The number of hydrogen-bond donors (Lipinski definition) is 0. The van der Waals surface area contributed by atoms with Crippen LogP contribution in [0.15, 0.2) is 60.8 Å². The van der Waals surface area contributed by atoms with Gasteiger partial charge in [0.05, 0.1) is 40.3 Å². The maximum absolute atomic E-state index is 12.8. The van der Waals surface area contributed by atoms with Crippen molar-refractivity contribution >= 4 is 17.9 Å². The number of carboxylic acids is 1. The molecule has 0 amide bonds. The molecule has 0 spiro atoms. The number of quaternary nitrogens is 1. The molecule has 0 fully saturated rings. The van der Waals surface area contributed by atoms with Crippen LogP contribution < -0.4 is 5.11 Å². The number of carboxylic acid groups (broad SMARTS) is 1. The molecule has 2 atom stereocenters. The Kier molecular flexibility index (Phi) is 45.3. The van der Waals surface area contributed by atoms with Gasteiger partial charge in [0.2, 0.25) is 0 Å². The van der Waals surface area contributed by atoms with Gasteiger partial charge in [-0.25, -0.2) is 0 Å². The number of hydrogen-bond acceptors (Lipinski definition) is 7. The number of carbonyl (C=O) groups excluding carboxylic acids is 3. The number of likely N-dealkylation sites (N-methyl/N-ethyl adjacent to an activating group) is 1. The van der Waals surface area contributed by atoms with Crippen LogP contribution in [0.3, 0.4) is 0 Å². The van der Waals surface area contributed by atoms with Gasteiger partial charge in [-0.2, -0.15) is 0 Å². The Morgan fingerprint density at radius 1 is 0.477 bits per heavy atom. The Bertz CT molecular complexity index is 1250. The van der Waals surface area contributed by atoms with E-state index in [0.717, 1.165) is 77.0 Å². The standard InChI is InChI=1S/C57H101NO7/c1-6-8-10-12-14-16-18-20-22-24-26-28-30-31-33-35-37-39-41-43-45-47-55(59)64-52-53(51-63-50-49-54(57(61)62)58(3,4)5)65-56(60)48-46-44-42-40-38-36-34-32-29-27-25-23-21-19-17-15-13-11-9-7-2/h9,11,15,17,21,23,27-30,53-54H,6-8,10,12-14,16,18-20,22,24-26,31-52H2,1-5H3/b11-9+,17-15+,23-21+,29-27+,30-28+. The number of esters is 2. The zero-order chi connectivity index (χ0) is 47.7. The molecule has 65 heavy (non-hydrogen) atoms. The van der Waals surface area contributed by atoms with Crippen LogP contribution in [0.1, 0.15) is 232 Å². The summed E-state index contributed by atoms with van der Waals surface area (Å²) in [7, 11) is 5.41. The molecule has 0 saturated carbocycles. The lowest BCUT2D eigenvalue weighted by Gasteiger charge is -2.34. The summed E-state index contributed by atoms with van der Waals surface area (Å²) in [5, 5.41) is 11.7. The first-order valence-electron chi connectivity index (χ1n) is 26.8. The molecule has 8 nitrogen and oxygen atoms in total. The monoisotopic (exact) mass is 912 g/mol. The topological polar surface area (TPSA) is 102 Å². The molecule has 8 heteroatoms. The second kappa shape index (κ2) is 47.5. The van der Waals surface area contributed by atoms with E-state index in [1.54, 1.807) is 21.1 Å². The van der Waals surface area contributed by atoms with Crippen molar-refractivity contribution in [2.24, 2.45) is 0 Å². The Labute approximate surface area is 400 Å². The minimum Gasteiger partial charge on any atom is -0.544 e. The molecule has 0 rings (SSSR count). The Morgan fingerprint density at radius 2 is 0.862 bits per heavy atom. The third-order valence-electron chi connectivity index (χ3n) is 11.9. The van der Waals surface area contributed by atoms with Crippen molar-refractivity contribution in [2.75, 3.05) is 41.0 Å². The molecule has 0 aliphatic heterocycles. The largest absolute Gasteiger partial charge is 0.544 e. The van der Waals surface area contributed by atoms with Crippen LogP contribution in [-0.2, 0) is 28.6 Å². The lowest BCUT2D eigenvalue weighted by molar-refractivity contribution is -0.889. The van der Waals surface area contributed by atoms with Crippen molar-refractivity contribution in [1.82, 2.24) is 0 Å². The minimum atomic E-state index is -1.13. The summed E-state index contributed by atoms with van der Waals surface area (Å²) >= 11 is 0. The van der Waals surface area contributed by atoms with Crippen LogP contribution in [0.5, 0.6) is 0 Å². The van der Waals surface area contributed by atoms with Gasteiger partial charge in [-0.15, -0.1) is 0 Å². The Balaban J connectivity index is 4.24. The Hall–Kier alpha value is -2.97. The highest BCUT2D eigenvalue weighted by atomic mass is 16.6. The van der Waals surface area contributed by atoms with E-state index in [-0.39, 0.29) is 42.7 Å². The predicted molar refractivity (Wildman–Crippen MR) is 273 cm³/mol. The summed E-state index contributed by atoms with van der Waals surface area (Å²) in [5.74, 6) is -1.75. The molecular formula is C57H101NO7. The summed E-state index contributed by atoms with van der Waals surface area (Å²) in [6, 6.07) is -0.731. The average Bonchev–Trinajstić information content (AvgIpc) is 3.27. The van der Waals surface area contributed by atoms with E-state index >= 15 is 0 Å². The van der Waals surface area contributed by atoms with Crippen molar-refractivity contribution < 1.29 is 38.2 Å². The number of rotatable bonds is 48. The fourth-order valence-electron chi connectivity index (χ4n) is 7.76. The second-order valence-corrected chi connectivity index (χ2v) is 19.1. The van der Waals surface area contributed by atoms with Crippen molar-refractivity contribution in [3.05, 3.63) is 60.8 Å². The fourth-order valence-corrected chi connectivity index (χ4v) is 7.76. The molecular weight excluding hydrogens is 811 g/mol. The van der Waals surface area contributed by atoms with E-state index in [1.165, 1.54) is 122 Å². The van der Waals surface area contributed by atoms with Gasteiger partial charge >= 0.3 is 11.9 Å². The van der Waals surface area contributed by atoms with Gasteiger partial charge in [-0.05, 0) is 77.0 Å². The molecule has 376 valence electrons. The van der Waals surface area contributed by atoms with Crippen LogP contribution in [0, 0.1) is 0 Å². The zero-order valence-electron chi connectivity index (χ0n) is 42.9. The molecule has 0 radical (unpaired) electrons. The number of nitrogens with zero attached hydrogens (tertiary/aromatic N) is 1. The fraction of sp³-hybridized carbons (Fsp3) is 0.772. The summed E-state index contributed by atoms with van der Waals surface area (Å²) in [5.41, 5.74) is 0. The smallest absolute Gasteiger partial charge is 0.306 e. The second-order valence-electron chi connectivity index (χ2n) is 19.1. The van der Waals surface area contributed by atoms with Gasteiger partial charge in [-0.3, -0.25) is 9.59 Å². The Morgan fingerprint density at radius 3 is 1.29 bits per heavy atom. The number of allylic oxidation sites excluding steroid dienone is 10. The third-order valence-corrected chi connectivity index (χ3v) is 11.9. The van der Waals surface area contributed by atoms with Gasteiger partial charge in [0, 0.05) is 19.3 Å². The van der Waals surface area contributed by atoms with Crippen molar-refractivity contribution in [3.8, 4) is 0 Å². The highest BCUT2D eigenvalue weighted by molar-refractivity contribution is 5.70. The SMILES string of the molecule is CC/C=C/C/C=C/C/C=C/C/C=C/CCCCCCCCCC(=O)OC(COCCC(C(=O)[O-])[N+](C)(C)C)COC(=O)CCCCCCCCC/C=C/CCCCCCCCCCCC. The van der Waals surface area contributed by atoms with E-state index in [1.807, 2.05) is 0 Å². The first-order chi connectivity index (χ1) is 31.6. The molecule has 0 N–H and O–H groups in total. The average molecular weight is 912 g/mol. The molecule has 0 aromatic rings. The van der Waals surface area contributed by atoms with Gasteiger partial charge in [0.1, 0.15) is 12.6 Å². The van der Waals surface area contributed by atoms with Crippen LogP contribution in [-0.4, -0.2) is 75.5 Å². The normalized spacial score (nSPS) is 13.3. The number of unbranched alkanes of at least 4 members (excludes halogenated alkanes) is 24. The molecule has 2 unspecified atom stereocenters. The van der Waals surface area contributed by atoms with Crippen LogP contribution in [0.4, 0.5) is 0 Å². The van der Waals surface area contributed by atoms with E-state index < -0.39 is 18.1 Å². The minimum absolute atomic E-state index is 0.0337. The molecule has 0 bridgehead atoms. The van der Waals surface area contributed by atoms with Gasteiger partial charge in [0.15, 0.2) is 6.10 Å². The zero-order valence-corrected chi connectivity index (χ0v) is 42.9. The molecule has 0 aliphatic carbocycles. The van der Waals surface area contributed by atoms with Crippen LogP contribution in [0.2, 0.25) is 0 Å². The lowest BCUT2D eigenvalue weighted by atomic mass is 10.1. The van der Waals surface area contributed by atoms with E-state index in [4.69, 9.17) is 14.2 Å². The van der Waals surface area contributed by atoms with Gasteiger partial charge < -0.3 is 28.6 Å². The summed E-state index contributed by atoms with van der Waals surface area (Å²) in [4.78, 5) is 37.1. The molecule has 0 aliphatic rings. The van der Waals surface area contributed by atoms with Crippen molar-refractivity contribution in [3.63, 3.8) is 0 Å². The first-order valence-corrected chi connectivity index (χ1v) is 26.8. The molecule has 0 aromatic heterocycles. The molecule has 0 saturated heterocycles. The van der Waals surface area contributed by atoms with Gasteiger partial charge in [-0.1, -0.05) is 197 Å². The number of aliphatic carboxylic acids is 1. The van der Waals surface area contributed by atoms with E-state index in [2.05, 4.69) is 74.6 Å². The molecule has 0 heterocycles. The number of ether oxygens (including phenoxy) is 3. The van der Waals surface area contributed by atoms with Crippen LogP contribution >= 0.6 is 0 Å². The maximum atomic E-state index is 12.8. The van der Waals surface area contributed by atoms with Gasteiger partial charge in [0.25, 0.3) is 0 Å². The van der Waals surface area contributed by atoms with Crippen LogP contribution in [0.25, 0.3) is 0 Å². The summed E-state index contributed by atoms with van der Waals surface area (Å²) < 4.78 is 17.3. The summed E-state index contributed by atoms with van der Waals surface area (Å²) in [6.45, 7) is 4.56. The lowest BCUT2D eigenvalue weighted by Crippen LogP contribution is -2.55.